The number of rotatable bonds is 7. The van der Waals surface area contributed by atoms with Gasteiger partial charge in [-0.05, 0) is 31.4 Å². The Kier molecular flexibility index (Phi) is 5.71. The molecule has 1 rings (SSSR count). The lowest BCUT2D eigenvalue weighted by molar-refractivity contribution is 0.524. The van der Waals surface area contributed by atoms with Crippen LogP contribution < -0.4 is 5.32 Å². The largest absolute Gasteiger partial charge is 0.310 e. The fourth-order valence-corrected chi connectivity index (χ4v) is 2.15. The van der Waals surface area contributed by atoms with Gasteiger partial charge in [-0.15, -0.1) is 0 Å². The SMILES string of the molecule is CCn1ncnc1CNCC(C)CSC. The Morgan fingerprint density at radius 2 is 2.40 bits per heavy atom. The van der Waals surface area contributed by atoms with Gasteiger partial charge in [0.2, 0.25) is 0 Å². The van der Waals surface area contributed by atoms with E-state index in [2.05, 4.69) is 35.5 Å². The second-order valence-corrected chi connectivity index (χ2v) is 4.59. The molecule has 0 aliphatic heterocycles. The second kappa shape index (κ2) is 6.85. The van der Waals surface area contributed by atoms with Crippen LogP contribution in [0.5, 0.6) is 0 Å². The van der Waals surface area contributed by atoms with Crippen molar-refractivity contribution in [2.45, 2.75) is 26.9 Å². The first-order valence-electron chi connectivity index (χ1n) is 5.34. The van der Waals surface area contributed by atoms with Gasteiger partial charge in [0.15, 0.2) is 0 Å². The van der Waals surface area contributed by atoms with Crippen molar-refractivity contribution >= 4 is 11.8 Å². The Hall–Kier alpha value is -0.550. The van der Waals surface area contributed by atoms with E-state index < -0.39 is 0 Å². The van der Waals surface area contributed by atoms with E-state index in [4.69, 9.17) is 0 Å². The highest BCUT2D eigenvalue weighted by Gasteiger charge is 2.03. The van der Waals surface area contributed by atoms with Crippen LogP contribution in [0.15, 0.2) is 6.33 Å². The first kappa shape index (κ1) is 12.5. The Labute approximate surface area is 95.9 Å². The zero-order chi connectivity index (χ0) is 11.1. The van der Waals surface area contributed by atoms with Crippen LogP contribution in [0.25, 0.3) is 0 Å². The summed E-state index contributed by atoms with van der Waals surface area (Å²) in [5, 5.41) is 7.54. The van der Waals surface area contributed by atoms with Gasteiger partial charge in [-0.25, -0.2) is 9.67 Å². The minimum Gasteiger partial charge on any atom is -0.310 e. The molecule has 0 bridgehead atoms. The lowest BCUT2D eigenvalue weighted by atomic mass is 10.2. The number of aryl methyl sites for hydroxylation is 1. The molecule has 1 aromatic heterocycles. The van der Waals surface area contributed by atoms with Crippen molar-refractivity contribution in [2.75, 3.05) is 18.6 Å². The predicted molar refractivity (Wildman–Crippen MR) is 64.9 cm³/mol. The molecule has 5 heteroatoms. The molecule has 1 N–H and O–H groups in total. The van der Waals surface area contributed by atoms with E-state index in [1.165, 1.54) is 5.75 Å². The van der Waals surface area contributed by atoms with E-state index in [0.29, 0.717) is 5.92 Å². The van der Waals surface area contributed by atoms with Gasteiger partial charge in [0.05, 0.1) is 6.54 Å². The molecule has 0 saturated heterocycles. The molecule has 1 aromatic rings. The molecule has 0 amide bonds. The minimum absolute atomic E-state index is 0.706. The molecule has 0 fully saturated rings. The molecule has 4 nitrogen and oxygen atoms in total. The lowest BCUT2D eigenvalue weighted by Crippen LogP contribution is -2.24. The van der Waals surface area contributed by atoms with E-state index in [9.17, 15) is 0 Å². The van der Waals surface area contributed by atoms with Crippen LogP contribution in [0.2, 0.25) is 0 Å². The van der Waals surface area contributed by atoms with Crippen molar-refractivity contribution in [1.29, 1.82) is 0 Å². The minimum atomic E-state index is 0.706. The van der Waals surface area contributed by atoms with Gasteiger partial charge in [0.1, 0.15) is 12.2 Å². The van der Waals surface area contributed by atoms with E-state index >= 15 is 0 Å². The maximum atomic E-state index is 4.21. The Bertz CT molecular complexity index is 274. The molecule has 0 aromatic carbocycles. The molecule has 0 radical (unpaired) electrons. The summed E-state index contributed by atoms with van der Waals surface area (Å²) in [5.74, 6) is 2.93. The third kappa shape index (κ3) is 4.22. The zero-order valence-electron chi connectivity index (χ0n) is 9.73. The monoisotopic (exact) mass is 228 g/mol. The van der Waals surface area contributed by atoms with Crippen LogP contribution in [0.3, 0.4) is 0 Å². The Morgan fingerprint density at radius 3 is 3.07 bits per heavy atom. The van der Waals surface area contributed by atoms with Crippen LogP contribution in [-0.2, 0) is 13.1 Å². The quantitative estimate of drug-likeness (QED) is 0.766. The first-order chi connectivity index (χ1) is 7.27. The summed E-state index contributed by atoms with van der Waals surface area (Å²) in [6.45, 7) is 7.07. The molecule has 86 valence electrons. The predicted octanol–water partition coefficient (Wildman–Crippen LogP) is 1.39. The van der Waals surface area contributed by atoms with Gasteiger partial charge < -0.3 is 5.32 Å². The van der Waals surface area contributed by atoms with E-state index in [1.54, 1.807) is 6.33 Å². The van der Waals surface area contributed by atoms with Gasteiger partial charge in [-0.2, -0.15) is 16.9 Å². The highest BCUT2D eigenvalue weighted by Crippen LogP contribution is 2.03. The molecule has 1 unspecified atom stereocenters. The van der Waals surface area contributed by atoms with Crippen molar-refractivity contribution in [2.24, 2.45) is 5.92 Å². The van der Waals surface area contributed by atoms with E-state index in [1.807, 2.05) is 16.4 Å². The fraction of sp³-hybridized carbons (Fsp3) is 0.800. The molecular formula is C10H20N4S. The molecule has 0 spiro atoms. The van der Waals surface area contributed by atoms with Crippen molar-refractivity contribution in [3.05, 3.63) is 12.2 Å². The molecule has 15 heavy (non-hydrogen) atoms. The van der Waals surface area contributed by atoms with Crippen molar-refractivity contribution in [3.63, 3.8) is 0 Å². The lowest BCUT2D eigenvalue weighted by Gasteiger charge is -2.10. The maximum absolute atomic E-state index is 4.21. The van der Waals surface area contributed by atoms with Crippen molar-refractivity contribution in [1.82, 2.24) is 20.1 Å². The second-order valence-electron chi connectivity index (χ2n) is 3.68. The smallest absolute Gasteiger partial charge is 0.140 e. The Balaban J connectivity index is 2.25. The van der Waals surface area contributed by atoms with Gasteiger partial charge in [-0.1, -0.05) is 6.92 Å². The first-order valence-corrected chi connectivity index (χ1v) is 6.73. The van der Waals surface area contributed by atoms with Crippen molar-refractivity contribution in [3.8, 4) is 0 Å². The standard InChI is InChI=1S/C10H20N4S/c1-4-14-10(12-8-13-14)6-11-5-9(2)7-15-3/h8-9,11H,4-7H2,1-3H3. The summed E-state index contributed by atoms with van der Waals surface area (Å²) in [6, 6.07) is 0. The highest BCUT2D eigenvalue weighted by atomic mass is 32.2. The summed E-state index contributed by atoms with van der Waals surface area (Å²) in [7, 11) is 0. The topological polar surface area (TPSA) is 42.7 Å². The Morgan fingerprint density at radius 1 is 1.60 bits per heavy atom. The highest BCUT2D eigenvalue weighted by molar-refractivity contribution is 7.98. The fourth-order valence-electron chi connectivity index (χ4n) is 1.46. The number of nitrogens with zero attached hydrogens (tertiary/aromatic N) is 3. The number of aromatic nitrogens is 3. The number of thioether (sulfide) groups is 1. The third-order valence-electron chi connectivity index (χ3n) is 2.22. The average molecular weight is 228 g/mol. The molecule has 1 heterocycles. The summed E-state index contributed by atoms with van der Waals surface area (Å²) in [4.78, 5) is 4.21. The van der Waals surface area contributed by atoms with Crippen LogP contribution in [0.4, 0.5) is 0 Å². The molecular weight excluding hydrogens is 208 g/mol. The van der Waals surface area contributed by atoms with Gasteiger partial charge in [0.25, 0.3) is 0 Å². The maximum Gasteiger partial charge on any atom is 0.140 e. The van der Waals surface area contributed by atoms with Crippen LogP contribution in [-0.4, -0.2) is 33.3 Å². The molecule has 0 aliphatic carbocycles. The van der Waals surface area contributed by atoms with E-state index in [0.717, 1.165) is 25.5 Å². The summed E-state index contributed by atoms with van der Waals surface area (Å²) < 4.78 is 1.92. The van der Waals surface area contributed by atoms with Crippen molar-refractivity contribution < 1.29 is 0 Å². The molecule has 1 atom stereocenters. The number of hydrogen-bond acceptors (Lipinski definition) is 4. The zero-order valence-corrected chi connectivity index (χ0v) is 10.5. The van der Waals surface area contributed by atoms with Gasteiger partial charge in [0, 0.05) is 6.54 Å². The molecule has 0 saturated carbocycles. The number of hydrogen-bond donors (Lipinski definition) is 1. The summed E-state index contributed by atoms with van der Waals surface area (Å²) >= 11 is 1.89. The molecule has 0 aliphatic rings. The normalized spacial score (nSPS) is 13.0. The van der Waals surface area contributed by atoms with Gasteiger partial charge in [-0.3, -0.25) is 0 Å². The summed E-state index contributed by atoms with van der Waals surface area (Å²) in [5.41, 5.74) is 0. The van der Waals surface area contributed by atoms with Crippen LogP contribution >= 0.6 is 11.8 Å². The van der Waals surface area contributed by atoms with Crippen LogP contribution in [0.1, 0.15) is 19.7 Å². The number of nitrogens with one attached hydrogen (secondary N) is 1. The average Bonchev–Trinajstić information content (AvgIpc) is 2.66. The summed E-state index contributed by atoms with van der Waals surface area (Å²) in [6.07, 6.45) is 3.76. The van der Waals surface area contributed by atoms with E-state index in [-0.39, 0.29) is 0 Å². The van der Waals surface area contributed by atoms with Crippen LogP contribution in [0, 0.1) is 5.92 Å². The third-order valence-corrected chi connectivity index (χ3v) is 3.12. The van der Waals surface area contributed by atoms with Gasteiger partial charge >= 0.3 is 0 Å².